The molecule has 0 bridgehead atoms. The Morgan fingerprint density at radius 1 is 1.30 bits per heavy atom. The first-order valence-corrected chi connectivity index (χ1v) is 7.13. The number of benzene rings is 1. The first kappa shape index (κ1) is 15.0. The van der Waals surface area contributed by atoms with Crippen molar-refractivity contribution < 1.29 is 9.53 Å². The number of carbonyl (C=O) groups excluding carboxylic acids is 1. The van der Waals surface area contributed by atoms with Gasteiger partial charge in [0.05, 0.1) is 30.4 Å². The molecule has 3 rings (SSSR count). The van der Waals surface area contributed by atoms with Gasteiger partial charge < -0.3 is 10.2 Å². The predicted octanol–water partition coefficient (Wildman–Crippen LogP) is 2.11. The molecule has 23 heavy (non-hydrogen) atoms. The van der Waals surface area contributed by atoms with Crippen molar-refractivity contribution in [2.24, 2.45) is 5.84 Å². The molecule has 3 N–H and O–H groups in total. The molecule has 118 valence electrons. The molecule has 2 heterocycles. The van der Waals surface area contributed by atoms with Crippen LogP contribution in [-0.4, -0.2) is 27.8 Å². The molecule has 7 heteroatoms. The largest absolute Gasteiger partial charge is 0.465 e. The van der Waals surface area contributed by atoms with E-state index in [1.807, 2.05) is 37.3 Å². The number of nitrogens with zero attached hydrogens (tertiary/aromatic N) is 3. The Hall–Kier alpha value is -2.93. The van der Waals surface area contributed by atoms with E-state index in [0.29, 0.717) is 16.7 Å². The lowest BCUT2D eigenvalue weighted by atomic mass is 10.1. The average Bonchev–Trinajstić information content (AvgIpc) is 3.04. The summed E-state index contributed by atoms with van der Waals surface area (Å²) in [6.45, 7) is 2.03. The van der Waals surface area contributed by atoms with Crippen molar-refractivity contribution in [2.45, 2.75) is 13.0 Å². The number of esters is 1. The predicted molar refractivity (Wildman–Crippen MR) is 86.9 cm³/mol. The lowest BCUT2D eigenvalue weighted by Gasteiger charge is -2.14. The third kappa shape index (κ3) is 2.51. The molecule has 0 aliphatic carbocycles. The molecule has 2 aromatic heterocycles. The number of methoxy groups -OCH3 is 1. The molecule has 1 unspecified atom stereocenters. The minimum Gasteiger partial charge on any atom is -0.465 e. The highest BCUT2D eigenvalue weighted by atomic mass is 16.5. The quantitative estimate of drug-likeness (QED) is 0.435. The van der Waals surface area contributed by atoms with Crippen LogP contribution in [-0.2, 0) is 4.74 Å². The van der Waals surface area contributed by atoms with E-state index < -0.39 is 5.97 Å². The van der Waals surface area contributed by atoms with Crippen molar-refractivity contribution in [2.75, 3.05) is 12.5 Å². The van der Waals surface area contributed by atoms with Crippen LogP contribution in [0.15, 0.2) is 42.7 Å². The summed E-state index contributed by atoms with van der Waals surface area (Å²) in [6, 6.07) is 9.98. The third-order valence-electron chi connectivity index (χ3n) is 3.82. The smallest absolute Gasteiger partial charge is 0.341 e. The normalized spacial score (nSPS) is 12.1. The maximum absolute atomic E-state index is 11.8. The number of aromatic nitrogens is 3. The highest BCUT2D eigenvalue weighted by molar-refractivity contribution is 6.03. The number of nitrogens with two attached hydrogens (primary N) is 1. The van der Waals surface area contributed by atoms with Crippen LogP contribution in [0.1, 0.15) is 28.9 Å². The van der Waals surface area contributed by atoms with Crippen LogP contribution in [0.4, 0.5) is 5.69 Å². The van der Waals surface area contributed by atoms with E-state index >= 15 is 0 Å². The molecule has 1 aromatic carbocycles. The Morgan fingerprint density at radius 3 is 2.70 bits per heavy atom. The van der Waals surface area contributed by atoms with Crippen LogP contribution in [0.5, 0.6) is 0 Å². The first-order chi connectivity index (χ1) is 11.2. The summed E-state index contributed by atoms with van der Waals surface area (Å²) in [5.74, 6) is 5.08. The van der Waals surface area contributed by atoms with E-state index in [0.717, 1.165) is 5.56 Å². The van der Waals surface area contributed by atoms with Crippen molar-refractivity contribution in [1.29, 1.82) is 0 Å². The summed E-state index contributed by atoms with van der Waals surface area (Å²) in [4.78, 5) is 16.2. The number of nitrogen functional groups attached to an aromatic ring is 1. The molecule has 0 amide bonds. The van der Waals surface area contributed by atoms with Gasteiger partial charge in [-0.15, -0.1) is 0 Å². The van der Waals surface area contributed by atoms with Crippen molar-refractivity contribution in [3.63, 3.8) is 0 Å². The Kier molecular flexibility index (Phi) is 3.94. The standard InChI is InChI=1S/C16H17N5O2/c1-10(11-6-4-3-5-7-11)21-15-12(9-19-21)14(20-17)13(8-18-15)16(22)23-2/h3-10H,17H2,1-2H3,(H,18,20). The zero-order valence-electron chi connectivity index (χ0n) is 12.9. The molecule has 0 spiro atoms. The number of pyridine rings is 1. The van der Waals surface area contributed by atoms with Gasteiger partial charge in [-0.2, -0.15) is 5.10 Å². The monoisotopic (exact) mass is 311 g/mol. The number of nitrogens with one attached hydrogen (secondary N) is 1. The van der Waals surface area contributed by atoms with Gasteiger partial charge in [0.25, 0.3) is 0 Å². The van der Waals surface area contributed by atoms with Crippen LogP contribution < -0.4 is 11.3 Å². The van der Waals surface area contributed by atoms with Crippen LogP contribution in [0, 0.1) is 0 Å². The van der Waals surface area contributed by atoms with E-state index in [1.54, 1.807) is 10.9 Å². The molecule has 0 aliphatic rings. The van der Waals surface area contributed by atoms with E-state index in [9.17, 15) is 4.79 Å². The summed E-state index contributed by atoms with van der Waals surface area (Å²) >= 11 is 0. The van der Waals surface area contributed by atoms with Crippen molar-refractivity contribution >= 4 is 22.7 Å². The number of anilines is 1. The maximum atomic E-state index is 11.8. The number of carbonyl (C=O) groups is 1. The number of hydrazine groups is 1. The molecule has 0 aliphatic heterocycles. The minimum atomic E-state index is -0.504. The third-order valence-corrected chi connectivity index (χ3v) is 3.82. The van der Waals surface area contributed by atoms with Gasteiger partial charge in [0.15, 0.2) is 5.65 Å². The van der Waals surface area contributed by atoms with Crippen molar-refractivity contribution in [1.82, 2.24) is 14.8 Å². The minimum absolute atomic E-state index is 0.00389. The Morgan fingerprint density at radius 2 is 2.04 bits per heavy atom. The summed E-state index contributed by atoms with van der Waals surface area (Å²) < 4.78 is 6.55. The van der Waals surface area contributed by atoms with Crippen LogP contribution in [0.25, 0.3) is 11.0 Å². The van der Waals surface area contributed by atoms with Gasteiger partial charge in [-0.05, 0) is 12.5 Å². The van der Waals surface area contributed by atoms with Crippen molar-refractivity contribution in [3.8, 4) is 0 Å². The fourth-order valence-electron chi connectivity index (χ4n) is 2.57. The van der Waals surface area contributed by atoms with E-state index in [4.69, 9.17) is 10.6 Å². The fraction of sp³-hybridized carbons (Fsp3) is 0.188. The Bertz CT molecular complexity index is 844. The van der Waals surface area contributed by atoms with Gasteiger partial charge in [-0.1, -0.05) is 30.3 Å². The molecule has 0 saturated carbocycles. The summed E-state index contributed by atoms with van der Waals surface area (Å²) in [7, 11) is 1.31. The summed E-state index contributed by atoms with van der Waals surface area (Å²) in [6.07, 6.45) is 3.09. The van der Waals surface area contributed by atoms with Crippen LogP contribution in [0.3, 0.4) is 0 Å². The second-order valence-electron chi connectivity index (χ2n) is 5.10. The van der Waals surface area contributed by atoms with Crippen LogP contribution in [0.2, 0.25) is 0 Å². The van der Waals surface area contributed by atoms with Gasteiger partial charge in [-0.25, -0.2) is 14.5 Å². The van der Waals surface area contributed by atoms with Crippen molar-refractivity contribution in [3.05, 3.63) is 53.9 Å². The van der Waals surface area contributed by atoms with Gasteiger partial charge in [0.1, 0.15) is 5.56 Å². The SMILES string of the molecule is COC(=O)c1cnc2c(cnn2C(C)c2ccccc2)c1NN. The topological polar surface area (TPSA) is 95.1 Å². The molecule has 0 saturated heterocycles. The zero-order valence-corrected chi connectivity index (χ0v) is 12.9. The maximum Gasteiger partial charge on any atom is 0.341 e. The number of fused-ring (bicyclic) bond motifs is 1. The van der Waals surface area contributed by atoms with E-state index in [2.05, 4.69) is 15.5 Å². The number of ether oxygens (including phenoxy) is 1. The lowest BCUT2D eigenvalue weighted by molar-refractivity contribution is 0.0601. The molecular weight excluding hydrogens is 294 g/mol. The molecule has 1 atom stereocenters. The first-order valence-electron chi connectivity index (χ1n) is 7.13. The van der Waals surface area contributed by atoms with E-state index in [-0.39, 0.29) is 11.6 Å². The molecule has 7 nitrogen and oxygen atoms in total. The molecule has 0 fully saturated rings. The van der Waals surface area contributed by atoms with Gasteiger partial charge >= 0.3 is 5.97 Å². The Balaban J connectivity index is 2.13. The summed E-state index contributed by atoms with van der Waals surface area (Å²) in [5.41, 5.74) is 5.03. The number of rotatable bonds is 4. The van der Waals surface area contributed by atoms with Gasteiger partial charge in [0.2, 0.25) is 0 Å². The summed E-state index contributed by atoms with van der Waals surface area (Å²) in [5, 5.41) is 5.08. The fourth-order valence-corrected chi connectivity index (χ4v) is 2.57. The number of hydrogen-bond donors (Lipinski definition) is 2. The molecular formula is C16H17N5O2. The van der Waals surface area contributed by atoms with E-state index in [1.165, 1.54) is 13.3 Å². The second kappa shape index (κ2) is 6.05. The second-order valence-corrected chi connectivity index (χ2v) is 5.10. The molecule has 3 aromatic rings. The van der Waals surface area contributed by atoms with Crippen LogP contribution >= 0.6 is 0 Å². The highest BCUT2D eigenvalue weighted by Gasteiger charge is 2.20. The highest BCUT2D eigenvalue weighted by Crippen LogP contribution is 2.28. The van der Waals surface area contributed by atoms with Gasteiger partial charge in [0, 0.05) is 6.20 Å². The zero-order chi connectivity index (χ0) is 16.4. The average molecular weight is 311 g/mol. The van der Waals surface area contributed by atoms with Gasteiger partial charge in [-0.3, -0.25) is 5.84 Å². The number of hydrogen-bond acceptors (Lipinski definition) is 6. The lowest BCUT2D eigenvalue weighted by Crippen LogP contribution is -2.14. The molecule has 0 radical (unpaired) electrons. The Labute approximate surface area is 133 Å².